The van der Waals surface area contributed by atoms with Crippen LogP contribution in [0.2, 0.25) is 0 Å². The highest BCUT2D eigenvalue weighted by atomic mass is 32.2. The summed E-state index contributed by atoms with van der Waals surface area (Å²) in [6.45, 7) is 1.97. The molecule has 2 N–H and O–H groups in total. The normalized spacial score (nSPS) is 15.7. The largest absolute Gasteiger partial charge is 0.335 e. The van der Waals surface area contributed by atoms with E-state index in [0.717, 1.165) is 27.7 Å². The molecule has 0 saturated heterocycles. The molecule has 1 atom stereocenters. The maximum Gasteiger partial charge on any atom is 0.255 e. The van der Waals surface area contributed by atoms with Gasteiger partial charge in [0.15, 0.2) is 5.17 Å². The number of halogens is 1. The Kier molecular flexibility index (Phi) is 5.57. The van der Waals surface area contributed by atoms with Crippen LogP contribution in [-0.4, -0.2) is 21.8 Å². The average Bonchev–Trinajstić information content (AvgIpc) is 3.20. The molecule has 1 aliphatic heterocycles. The molecular weight excluding hydrogens is 387 g/mol. The van der Waals surface area contributed by atoms with Gasteiger partial charge in [0.1, 0.15) is 5.82 Å². The lowest BCUT2D eigenvalue weighted by molar-refractivity contribution is 0.102. The Hall–Kier alpha value is -3.19. The number of nitrogens with zero attached hydrogens (tertiary/aromatic N) is 2. The lowest BCUT2D eigenvalue weighted by Gasteiger charge is -2.11. The second-order valence-electron chi connectivity index (χ2n) is 6.66. The zero-order chi connectivity index (χ0) is 20.2. The average molecular weight is 406 g/mol. The Morgan fingerprint density at radius 3 is 2.76 bits per heavy atom. The molecule has 7 heteroatoms. The highest BCUT2D eigenvalue weighted by Crippen LogP contribution is 2.31. The monoisotopic (exact) mass is 406 g/mol. The third kappa shape index (κ3) is 4.63. The summed E-state index contributed by atoms with van der Waals surface area (Å²) in [5, 5.41) is 6.93. The highest BCUT2D eigenvalue weighted by Gasteiger charge is 2.21. The number of nitrogens with one attached hydrogen (secondary N) is 2. The molecule has 0 radical (unpaired) electrons. The van der Waals surface area contributed by atoms with Crippen LogP contribution in [0.1, 0.15) is 27.5 Å². The predicted octanol–water partition coefficient (Wildman–Crippen LogP) is 5.04. The quantitative estimate of drug-likeness (QED) is 0.637. The minimum absolute atomic E-state index is 0.0708. The molecule has 29 heavy (non-hydrogen) atoms. The van der Waals surface area contributed by atoms with Crippen molar-refractivity contribution in [2.24, 2.45) is 4.99 Å². The van der Waals surface area contributed by atoms with Crippen molar-refractivity contribution in [3.63, 3.8) is 0 Å². The summed E-state index contributed by atoms with van der Waals surface area (Å²) in [6, 6.07) is 15.1. The molecule has 3 aromatic rings. The van der Waals surface area contributed by atoms with Crippen molar-refractivity contribution in [3.05, 3.63) is 89.5 Å². The Balaban J connectivity index is 1.48. The van der Waals surface area contributed by atoms with Crippen LogP contribution in [-0.2, 0) is 0 Å². The molecule has 0 saturated carbocycles. The maximum atomic E-state index is 13.0. The summed E-state index contributed by atoms with van der Waals surface area (Å²) in [4.78, 5) is 21.5. The standard InChI is InChI=1S/C22H19FN4OS/c1-14-4-5-15(21(28)25-18-8-6-17(23)7-9-18)11-19(14)26-22-27-20(13-29-22)16-3-2-10-24-12-16/h2-12,20H,13H2,1H3,(H,25,28)(H,26,27). The minimum atomic E-state index is -0.343. The van der Waals surface area contributed by atoms with Gasteiger partial charge in [0.05, 0.1) is 6.04 Å². The van der Waals surface area contributed by atoms with Crippen molar-refractivity contribution in [1.29, 1.82) is 0 Å². The zero-order valence-electron chi connectivity index (χ0n) is 15.7. The first-order chi connectivity index (χ1) is 14.1. The van der Waals surface area contributed by atoms with E-state index in [9.17, 15) is 9.18 Å². The first-order valence-electron chi connectivity index (χ1n) is 9.13. The van der Waals surface area contributed by atoms with E-state index in [1.54, 1.807) is 30.1 Å². The number of aromatic nitrogens is 1. The number of amides is 1. The molecular formula is C22H19FN4OS. The van der Waals surface area contributed by atoms with Crippen LogP contribution >= 0.6 is 11.8 Å². The summed E-state index contributed by atoms with van der Waals surface area (Å²) in [5.41, 5.74) is 3.98. The number of pyridine rings is 1. The fourth-order valence-corrected chi connectivity index (χ4v) is 3.90. The molecule has 0 bridgehead atoms. The Morgan fingerprint density at radius 1 is 1.17 bits per heavy atom. The fraction of sp³-hybridized carbons (Fsp3) is 0.136. The first-order valence-corrected chi connectivity index (χ1v) is 10.1. The van der Waals surface area contributed by atoms with Gasteiger partial charge < -0.3 is 10.6 Å². The SMILES string of the molecule is Cc1ccc(C(=O)Nc2ccc(F)cc2)cc1NC1=NC(c2cccnc2)CS1. The molecule has 1 amide bonds. The minimum Gasteiger partial charge on any atom is -0.335 e. The van der Waals surface area contributed by atoms with Gasteiger partial charge in [-0.05, 0) is 60.5 Å². The third-order valence-corrected chi connectivity index (χ3v) is 5.53. The summed E-state index contributed by atoms with van der Waals surface area (Å²) < 4.78 is 13.0. The summed E-state index contributed by atoms with van der Waals surface area (Å²) >= 11 is 1.64. The van der Waals surface area contributed by atoms with E-state index in [1.165, 1.54) is 24.3 Å². The molecule has 4 rings (SSSR count). The maximum absolute atomic E-state index is 13.0. The molecule has 1 unspecified atom stereocenters. The van der Waals surface area contributed by atoms with E-state index in [0.29, 0.717) is 11.3 Å². The van der Waals surface area contributed by atoms with Crippen LogP contribution in [0.15, 0.2) is 72.0 Å². The fourth-order valence-electron chi connectivity index (χ4n) is 2.94. The van der Waals surface area contributed by atoms with Crippen LogP contribution < -0.4 is 10.6 Å². The molecule has 0 fully saturated rings. The number of carbonyl (C=O) groups is 1. The second kappa shape index (κ2) is 8.45. The van der Waals surface area contributed by atoms with Gasteiger partial charge in [0.2, 0.25) is 0 Å². The number of benzene rings is 2. The van der Waals surface area contributed by atoms with E-state index < -0.39 is 0 Å². The van der Waals surface area contributed by atoms with Crippen LogP contribution in [0.5, 0.6) is 0 Å². The van der Waals surface area contributed by atoms with E-state index in [1.807, 2.05) is 31.3 Å². The van der Waals surface area contributed by atoms with Gasteiger partial charge in [0, 0.05) is 35.1 Å². The van der Waals surface area contributed by atoms with Crippen LogP contribution in [0.3, 0.4) is 0 Å². The van der Waals surface area contributed by atoms with E-state index in [4.69, 9.17) is 4.99 Å². The second-order valence-corrected chi connectivity index (χ2v) is 7.67. The number of thioether (sulfide) groups is 1. The van der Waals surface area contributed by atoms with Crippen LogP contribution in [0.25, 0.3) is 0 Å². The number of hydrogen-bond donors (Lipinski definition) is 2. The summed E-state index contributed by atoms with van der Waals surface area (Å²) in [5.74, 6) is 0.246. The number of aryl methyl sites for hydroxylation is 1. The van der Waals surface area contributed by atoms with Gasteiger partial charge in [-0.15, -0.1) is 0 Å². The van der Waals surface area contributed by atoms with E-state index >= 15 is 0 Å². The lowest BCUT2D eigenvalue weighted by atomic mass is 10.1. The zero-order valence-corrected chi connectivity index (χ0v) is 16.5. The third-order valence-electron chi connectivity index (χ3n) is 4.56. The van der Waals surface area contributed by atoms with Gasteiger partial charge in [-0.1, -0.05) is 23.9 Å². The number of rotatable bonds is 4. The predicted molar refractivity (Wildman–Crippen MR) is 116 cm³/mol. The van der Waals surface area contributed by atoms with E-state index in [-0.39, 0.29) is 17.8 Å². The van der Waals surface area contributed by atoms with Crippen molar-refractivity contribution in [3.8, 4) is 0 Å². The highest BCUT2D eigenvalue weighted by molar-refractivity contribution is 8.14. The topological polar surface area (TPSA) is 66.4 Å². The molecule has 146 valence electrons. The molecule has 2 aromatic carbocycles. The van der Waals surface area contributed by atoms with E-state index in [2.05, 4.69) is 15.6 Å². The molecule has 0 spiro atoms. The van der Waals surface area contributed by atoms with Gasteiger partial charge in [0.25, 0.3) is 5.91 Å². The number of anilines is 2. The van der Waals surface area contributed by atoms with Crippen molar-refractivity contribution in [1.82, 2.24) is 4.98 Å². The van der Waals surface area contributed by atoms with Gasteiger partial charge in [-0.3, -0.25) is 14.8 Å². The van der Waals surface area contributed by atoms with Crippen molar-refractivity contribution in [2.75, 3.05) is 16.4 Å². The number of carbonyl (C=O) groups excluding carboxylic acids is 1. The molecule has 5 nitrogen and oxygen atoms in total. The molecule has 0 aliphatic carbocycles. The Labute approximate surface area is 172 Å². The van der Waals surface area contributed by atoms with Crippen LogP contribution in [0, 0.1) is 12.7 Å². The number of amidine groups is 1. The number of aliphatic imine (C=N–C) groups is 1. The summed E-state index contributed by atoms with van der Waals surface area (Å²) in [6.07, 6.45) is 3.59. The van der Waals surface area contributed by atoms with Gasteiger partial charge >= 0.3 is 0 Å². The Bertz CT molecular complexity index is 1050. The van der Waals surface area contributed by atoms with Gasteiger partial charge in [-0.25, -0.2) is 4.39 Å². The Morgan fingerprint density at radius 2 is 2.00 bits per heavy atom. The van der Waals surface area contributed by atoms with Crippen LogP contribution in [0.4, 0.5) is 15.8 Å². The van der Waals surface area contributed by atoms with Crippen molar-refractivity contribution >= 4 is 34.2 Å². The molecule has 2 heterocycles. The lowest BCUT2D eigenvalue weighted by Crippen LogP contribution is -2.13. The number of hydrogen-bond acceptors (Lipinski definition) is 5. The van der Waals surface area contributed by atoms with Crippen molar-refractivity contribution < 1.29 is 9.18 Å². The van der Waals surface area contributed by atoms with Crippen molar-refractivity contribution in [2.45, 2.75) is 13.0 Å². The van der Waals surface area contributed by atoms with Gasteiger partial charge in [-0.2, -0.15) is 0 Å². The molecule has 1 aliphatic rings. The first kappa shape index (κ1) is 19.1. The summed E-state index contributed by atoms with van der Waals surface area (Å²) in [7, 11) is 0. The molecule has 1 aromatic heterocycles. The smallest absolute Gasteiger partial charge is 0.255 e.